The van der Waals surface area contributed by atoms with Crippen molar-refractivity contribution in [3.63, 3.8) is 0 Å². The Bertz CT molecular complexity index is 722. The molecule has 1 aromatic carbocycles. The maximum Gasteiger partial charge on any atom is 0.311 e. The van der Waals surface area contributed by atoms with Gasteiger partial charge in [-0.25, -0.2) is 17.6 Å². The molecule has 8 heteroatoms. The minimum atomic E-state index is -2.14. The van der Waals surface area contributed by atoms with E-state index in [2.05, 4.69) is 0 Å². The molecule has 1 fully saturated rings. The molecule has 1 aliphatic carbocycles. The highest BCUT2D eigenvalue weighted by Crippen LogP contribution is 2.71. The van der Waals surface area contributed by atoms with Gasteiger partial charge in [0.25, 0.3) is 6.08 Å². The summed E-state index contributed by atoms with van der Waals surface area (Å²) in [5.74, 6) is -9.50. The van der Waals surface area contributed by atoms with Crippen LogP contribution in [-0.4, -0.2) is 11.1 Å². The fourth-order valence-corrected chi connectivity index (χ4v) is 3.41. The molecule has 1 aromatic rings. The molecular formula is C16H14F6O2. The van der Waals surface area contributed by atoms with E-state index in [1.54, 1.807) is 0 Å². The van der Waals surface area contributed by atoms with Crippen molar-refractivity contribution in [1.29, 1.82) is 0 Å². The summed E-state index contributed by atoms with van der Waals surface area (Å²) in [6.45, 7) is 3.50. The highest BCUT2D eigenvalue weighted by Gasteiger charge is 2.75. The van der Waals surface area contributed by atoms with Crippen LogP contribution in [0.25, 0.3) is 0 Å². The number of hydrogen-bond acceptors (Lipinski definition) is 1. The minimum Gasteiger partial charge on any atom is -0.481 e. The second-order valence-corrected chi connectivity index (χ2v) is 6.47. The highest BCUT2D eigenvalue weighted by molar-refractivity contribution is 5.82. The fourth-order valence-electron chi connectivity index (χ4n) is 3.41. The summed E-state index contributed by atoms with van der Waals surface area (Å²) in [7, 11) is 0. The Morgan fingerprint density at radius 3 is 1.92 bits per heavy atom. The van der Waals surface area contributed by atoms with Crippen LogP contribution in [-0.2, 0) is 11.2 Å². The first-order valence-electron chi connectivity index (χ1n) is 6.97. The summed E-state index contributed by atoms with van der Waals surface area (Å²) in [6.07, 6.45) is -2.70. The lowest BCUT2D eigenvalue weighted by Gasteiger charge is -2.17. The van der Waals surface area contributed by atoms with E-state index in [0.29, 0.717) is 6.08 Å². The van der Waals surface area contributed by atoms with Gasteiger partial charge in [0.1, 0.15) is 0 Å². The molecule has 0 radical (unpaired) electrons. The SMILES string of the molecule is Cc1c(F)c(F)c(CC2(C(=O)O)C(C=C(F)F)C2(C)C)c(F)c1F. The predicted molar refractivity (Wildman–Crippen MR) is 72.4 cm³/mol. The van der Waals surface area contributed by atoms with Gasteiger partial charge in [-0.05, 0) is 24.8 Å². The number of carbonyl (C=O) groups is 1. The van der Waals surface area contributed by atoms with E-state index < -0.39 is 69.6 Å². The topological polar surface area (TPSA) is 37.3 Å². The fraction of sp³-hybridized carbons (Fsp3) is 0.438. The number of benzene rings is 1. The second-order valence-electron chi connectivity index (χ2n) is 6.47. The van der Waals surface area contributed by atoms with Crippen LogP contribution >= 0.6 is 0 Å². The van der Waals surface area contributed by atoms with E-state index in [1.165, 1.54) is 13.8 Å². The van der Waals surface area contributed by atoms with E-state index >= 15 is 0 Å². The van der Waals surface area contributed by atoms with Crippen LogP contribution in [0.5, 0.6) is 0 Å². The largest absolute Gasteiger partial charge is 0.481 e. The van der Waals surface area contributed by atoms with Gasteiger partial charge in [0, 0.05) is 17.0 Å². The summed E-state index contributed by atoms with van der Waals surface area (Å²) >= 11 is 0. The van der Waals surface area contributed by atoms with Gasteiger partial charge in [-0.3, -0.25) is 4.79 Å². The van der Waals surface area contributed by atoms with Gasteiger partial charge >= 0.3 is 5.97 Å². The lowest BCUT2D eigenvalue weighted by molar-refractivity contribution is -0.145. The Hall–Kier alpha value is -1.99. The average molecular weight is 352 g/mol. The Kier molecular flexibility index (Phi) is 4.23. The molecule has 1 N–H and O–H groups in total. The molecule has 0 heterocycles. The summed E-state index contributed by atoms with van der Waals surface area (Å²) in [5, 5.41) is 9.45. The number of aliphatic carboxylic acids is 1. The maximum atomic E-state index is 14.0. The van der Waals surface area contributed by atoms with Crippen LogP contribution in [0.15, 0.2) is 12.2 Å². The van der Waals surface area contributed by atoms with Crippen LogP contribution in [0.1, 0.15) is 25.0 Å². The number of hydrogen-bond donors (Lipinski definition) is 1. The minimum absolute atomic E-state index is 0.394. The van der Waals surface area contributed by atoms with Crippen molar-refractivity contribution in [3.05, 3.63) is 46.6 Å². The number of carboxylic acids is 1. The molecule has 0 aliphatic heterocycles. The van der Waals surface area contributed by atoms with Gasteiger partial charge in [-0.1, -0.05) is 13.8 Å². The second kappa shape index (κ2) is 5.53. The summed E-state index contributed by atoms with van der Waals surface area (Å²) in [6, 6.07) is 0. The van der Waals surface area contributed by atoms with E-state index in [-0.39, 0.29) is 0 Å². The highest BCUT2D eigenvalue weighted by atomic mass is 19.3. The Morgan fingerprint density at radius 1 is 1.08 bits per heavy atom. The first-order valence-corrected chi connectivity index (χ1v) is 6.97. The molecule has 1 saturated carbocycles. The number of carboxylic acid groups (broad SMARTS) is 1. The number of halogens is 6. The van der Waals surface area contributed by atoms with E-state index in [9.17, 15) is 36.2 Å². The van der Waals surface area contributed by atoms with Crippen molar-refractivity contribution in [1.82, 2.24) is 0 Å². The monoisotopic (exact) mass is 352 g/mol. The lowest BCUT2D eigenvalue weighted by atomic mass is 9.87. The van der Waals surface area contributed by atoms with Crippen LogP contribution in [0.3, 0.4) is 0 Å². The molecule has 0 spiro atoms. The zero-order chi connectivity index (χ0) is 18.6. The Labute approximate surface area is 133 Å². The lowest BCUT2D eigenvalue weighted by Crippen LogP contribution is -2.26. The van der Waals surface area contributed by atoms with Crippen LogP contribution < -0.4 is 0 Å². The Balaban J connectivity index is 2.61. The van der Waals surface area contributed by atoms with Gasteiger partial charge in [-0.15, -0.1) is 0 Å². The predicted octanol–water partition coefficient (Wildman–Crippen LogP) is 4.60. The molecule has 0 aromatic heterocycles. The normalized spacial score (nSPS) is 24.6. The van der Waals surface area contributed by atoms with Crippen molar-refractivity contribution in [2.75, 3.05) is 0 Å². The molecule has 2 rings (SSSR count). The molecule has 0 bridgehead atoms. The van der Waals surface area contributed by atoms with Gasteiger partial charge < -0.3 is 5.11 Å². The van der Waals surface area contributed by atoms with Crippen molar-refractivity contribution in [3.8, 4) is 0 Å². The molecule has 2 nitrogen and oxygen atoms in total. The smallest absolute Gasteiger partial charge is 0.311 e. The summed E-state index contributed by atoms with van der Waals surface area (Å²) < 4.78 is 80.5. The molecule has 2 unspecified atom stereocenters. The number of rotatable bonds is 4. The van der Waals surface area contributed by atoms with Crippen molar-refractivity contribution in [2.24, 2.45) is 16.7 Å². The molecule has 132 valence electrons. The van der Waals surface area contributed by atoms with Crippen LogP contribution in [0.4, 0.5) is 26.3 Å². The van der Waals surface area contributed by atoms with Crippen molar-refractivity contribution < 1.29 is 36.2 Å². The maximum absolute atomic E-state index is 14.0. The average Bonchev–Trinajstić information content (AvgIpc) is 2.94. The molecule has 1 aliphatic rings. The van der Waals surface area contributed by atoms with E-state index in [0.717, 1.165) is 6.92 Å². The zero-order valence-corrected chi connectivity index (χ0v) is 13.0. The zero-order valence-electron chi connectivity index (χ0n) is 13.0. The molecule has 0 saturated heterocycles. The third-order valence-corrected chi connectivity index (χ3v) is 5.08. The molecular weight excluding hydrogens is 338 g/mol. The van der Waals surface area contributed by atoms with Gasteiger partial charge in [0.05, 0.1) is 5.41 Å². The molecule has 2 atom stereocenters. The molecule has 24 heavy (non-hydrogen) atoms. The third kappa shape index (κ3) is 2.31. The standard InChI is InChI=1S/C16H14F6O2/c1-6-10(19)12(21)7(13(22)11(6)20)5-16(14(23)24)8(4-9(17)18)15(16,2)3/h4,8H,5H2,1-3H3,(H,23,24). The number of allylic oxidation sites excluding steroid dienone is 1. The van der Waals surface area contributed by atoms with Crippen molar-refractivity contribution >= 4 is 5.97 Å². The molecule has 0 amide bonds. The van der Waals surface area contributed by atoms with Gasteiger partial charge in [0.2, 0.25) is 0 Å². The van der Waals surface area contributed by atoms with Gasteiger partial charge in [0.15, 0.2) is 23.3 Å². The third-order valence-electron chi connectivity index (χ3n) is 5.08. The summed E-state index contributed by atoms with van der Waals surface area (Å²) in [5.41, 5.74) is -5.24. The van der Waals surface area contributed by atoms with Crippen LogP contribution in [0.2, 0.25) is 0 Å². The van der Waals surface area contributed by atoms with Crippen LogP contribution in [0, 0.1) is 46.9 Å². The Morgan fingerprint density at radius 2 is 1.54 bits per heavy atom. The van der Waals surface area contributed by atoms with E-state index in [4.69, 9.17) is 0 Å². The quantitative estimate of drug-likeness (QED) is 0.635. The first-order chi connectivity index (χ1) is 10.9. The first kappa shape index (κ1) is 18.4. The van der Waals surface area contributed by atoms with Gasteiger partial charge in [-0.2, -0.15) is 8.78 Å². The van der Waals surface area contributed by atoms with Crippen molar-refractivity contribution in [2.45, 2.75) is 27.2 Å². The summed E-state index contributed by atoms with van der Waals surface area (Å²) in [4.78, 5) is 11.6. The van der Waals surface area contributed by atoms with E-state index in [1.807, 2.05) is 0 Å².